The predicted octanol–water partition coefficient (Wildman–Crippen LogP) is 5.67. The molecular formula is C31H33ClN8O2. The van der Waals surface area contributed by atoms with E-state index in [0.29, 0.717) is 39.3 Å². The minimum Gasteiger partial charge on any atom is -0.497 e. The molecule has 42 heavy (non-hydrogen) atoms. The highest BCUT2D eigenvalue weighted by Gasteiger charge is 2.32. The molecule has 1 saturated heterocycles. The fourth-order valence-electron chi connectivity index (χ4n) is 6.15. The lowest BCUT2D eigenvalue weighted by Gasteiger charge is -2.46. The monoisotopic (exact) mass is 584 g/mol. The van der Waals surface area contributed by atoms with Crippen LogP contribution in [0.3, 0.4) is 0 Å². The molecule has 2 fully saturated rings. The highest BCUT2D eigenvalue weighted by atomic mass is 35.5. The number of piperazine rings is 1. The number of ether oxygens (including phenoxy) is 2. The topological polar surface area (TPSA) is 92.9 Å². The summed E-state index contributed by atoms with van der Waals surface area (Å²) in [5.74, 6) is 2.51. The molecule has 0 atom stereocenters. The van der Waals surface area contributed by atoms with Crippen molar-refractivity contribution in [1.82, 2.24) is 29.5 Å². The third kappa shape index (κ3) is 4.84. The first-order chi connectivity index (χ1) is 20.5. The van der Waals surface area contributed by atoms with E-state index in [1.165, 1.54) is 18.5 Å². The third-order valence-corrected chi connectivity index (χ3v) is 8.93. The van der Waals surface area contributed by atoms with Gasteiger partial charge in [0.2, 0.25) is 5.95 Å². The Morgan fingerprint density at radius 3 is 2.43 bits per heavy atom. The van der Waals surface area contributed by atoms with E-state index in [0.717, 1.165) is 54.8 Å². The van der Waals surface area contributed by atoms with Gasteiger partial charge in [-0.2, -0.15) is 4.98 Å². The first kappa shape index (κ1) is 26.7. The molecule has 0 radical (unpaired) electrons. The third-order valence-electron chi connectivity index (χ3n) is 8.54. The molecule has 1 aliphatic carbocycles. The Morgan fingerprint density at radius 1 is 0.929 bits per heavy atom. The first-order valence-corrected chi connectivity index (χ1v) is 14.7. The van der Waals surface area contributed by atoms with Crippen molar-refractivity contribution < 1.29 is 9.47 Å². The van der Waals surface area contributed by atoms with Gasteiger partial charge in [-0.15, -0.1) is 10.2 Å². The number of rotatable bonds is 7. The van der Waals surface area contributed by atoms with Gasteiger partial charge in [0, 0.05) is 72.4 Å². The fourth-order valence-corrected chi connectivity index (χ4v) is 6.44. The highest BCUT2D eigenvalue weighted by Crippen LogP contribution is 2.41. The van der Waals surface area contributed by atoms with Crippen LogP contribution >= 0.6 is 11.6 Å². The van der Waals surface area contributed by atoms with Gasteiger partial charge in [0.05, 0.1) is 19.2 Å². The minimum absolute atomic E-state index is 0.458. The number of pyridine rings is 1. The van der Waals surface area contributed by atoms with Crippen molar-refractivity contribution in [2.75, 3.05) is 50.6 Å². The molecule has 2 aliphatic rings. The summed E-state index contributed by atoms with van der Waals surface area (Å²) in [7, 11) is 3.18. The van der Waals surface area contributed by atoms with Crippen molar-refractivity contribution >= 4 is 45.6 Å². The lowest BCUT2D eigenvalue weighted by Crippen LogP contribution is -2.53. The number of aromatic nitrogens is 5. The van der Waals surface area contributed by atoms with Crippen molar-refractivity contribution in [3.63, 3.8) is 0 Å². The largest absolute Gasteiger partial charge is 0.497 e. The summed E-state index contributed by atoms with van der Waals surface area (Å²) in [4.78, 5) is 14.6. The molecule has 0 unspecified atom stereocenters. The average Bonchev–Trinajstić information content (AvgIpc) is 3.51. The Labute approximate surface area is 249 Å². The maximum atomic E-state index is 6.71. The van der Waals surface area contributed by atoms with E-state index in [4.69, 9.17) is 26.1 Å². The molecular weight excluding hydrogens is 552 g/mol. The number of hydrogen-bond acceptors (Lipinski definition) is 9. The van der Waals surface area contributed by atoms with Crippen LogP contribution in [0.5, 0.6) is 11.5 Å². The first-order valence-electron chi connectivity index (χ1n) is 14.3. The summed E-state index contributed by atoms with van der Waals surface area (Å²) in [5, 5.41) is 13.2. The maximum absolute atomic E-state index is 6.71. The quantitative estimate of drug-likeness (QED) is 0.259. The van der Waals surface area contributed by atoms with E-state index in [-0.39, 0.29) is 0 Å². The van der Waals surface area contributed by atoms with Gasteiger partial charge < -0.3 is 19.7 Å². The number of methoxy groups -OCH3 is 2. The number of fused-ring (bicyclic) bond motifs is 3. The standard InChI is InChI=1S/C31H33ClN8O2/c1-19-12-23(13-19)39-10-8-38(9-11-39)22-6-4-21(5-7-22)35-31-33-17-20-14-26(30-37-34-18-40(30)29(20)36-31)25-15-24(41-2)16-27(42-3)28(25)32/h4-7,14-19,23H,8-13H2,1-3H3,(H,33,35,36). The summed E-state index contributed by atoms with van der Waals surface area (Å²) in [6, 6.07) is 14.9. The Balaban J connectivity index is 1.12. The molecule has 0 spiro atoms. The molecule has 0 bridgehead atoms. The van der Waals surface area contributed by atoms with E-state index in [9.17, 15) is 0 Å². The van der Waals surface area contributed by atoms with Crippen LogP contribution in [0.1, 0.15) is 19.8 Å². The van der Waals surface area contributed by atoms with Crippen molar-refractivity contribution in [3.8, 4) is 22.6 Å². The Bertz CT molecular complexity index is 1740. The van der Waals surface area contributed by atoms with Gasteiger partial charge in [-0.3, -0.25) is 9.30 Å². The maximum Gasteiger partial charge on any atom is 0.229 e. The predicted molar refractivity (Wildman–Crippen MR) is 165 cm³/mol. The van der Waals surface area contributed by atoms with Gasteiger partial charge in [0.25, 0.3) is 0 Å². The molecule has 216 valence electrons. The second-order valence-corrected chi connectivity index (χ2v) is 11.5. The van der Waals surface area contributed by atoms with Crippen molar-refractivity contribution in [2.45, 2.75) is 25.8 Å². The van der Waals surface area contributed by atoms with Gasteiger partial charge in [-0.25, -0.2) is 4.98 Å². The van der Waals surface area contributed by atoms with Gasteiger partial charge in [-0.05, 0) is 55.2 Å². The van der Waals surface area contributed by atoms with E-state index in [1.54, 1.807) is 32.8 Å². The van der Waals surface area contributed by atoms with Crippen LogP contribution in [0.15, 0.2) is 55.0 Å². The zero-order valence-electron chi connectivity index (χ0n) is 23.9. The molecule has 11 heteroatoms. The van der Waals surface area contributed by atoms with E-state index >= 15 is 0 Å². The Kier molecular flexibility index (Phi) is 6.95. The smallest absolute Gasteiger partial charge is 0.229 e. The van der Waals surface area contributed by atoms with Crippen LogP contribution in [0.25, 0.3) is 27.8 Å². The number of nitrogens with one attached hydrogen (secondary N) is 1. The molecule has 1 N–H and O–H groups in total. The van der Waals surface area contributed by atoms with Gasteiger partial charge in [-0.1, -0.05) is 18.5 Å². The summed E-state index contributed by atoms with van der Waals surface area (Å²) < 4.78 is 12.8. The Hall–Kier alpha value is -4.15. The van der Waals surface area contributed by atoms with E-state index < -0.39 is 0 Å². The van der Waals surface area contributed by atoms with E-state index in [1.807, 2.05) is 16.5 Å². The van der Waals surface area contributed by atoms with Crippen molar-refractivity contribution in [2.24, 2.45) is 5.92 Å². The zero-order valence-corrected chi connectivity index (χ0v) is 24.7. The molecule has 1 aliphatic heterocycles. The summed E-state index contributed by atoms with van der Waals surface area (Å²) >= 11 is 6.71. The van der Waals surface area contributed by atoms with Gasteiger partial charge in [0.15, 0.2) is 11.3 Å². The lowest BCUT2D eigenvalue weighted by atomic mass is 9.80. The molecule has 2 aromatic carbocycles. The Morgan fingerprint density at radius 2 is 1.71 bits per heavy atom. The fraction of sp³-hybridized carbons (Fsp3) is 0.355. The summed E-state index contributed by atoms with van der Waals surface area (Å²) in [6.07, 6.45) is 6.14. The SMILES string of the molecule is COc1cc(OC)c(Cl)c(-c2cc3cnc(Nc4ccc(N5CCN(C6CC(C)C6)CC5)cc4)nc3n3cnnc23)c1. The molecule has 7 rings (SSSR count). The second kappa shape index (κ2) is 10.9. The normalized spacial score (nSPS) is 19.2. The number of benzene rings is 2. The van der Waals surface area contributed by atoms with Crippen LogP contribution in [-0.4, -0.2) is 75.9 Å². The second-order valence-electron chi connectivity index (χ2n) is 11.2. The van der Waals surface area contributed by atoms with Crippen molar-refractivity contribution in [1.29, 1.82) is 0 Å². The highest BCUT2D eigenvalue weighted by molar-refractivity contribution is 6.35. The van der Waals surface area contributed by atoms with Gasteiger partial charge in [0.1, 0.15) is 17.8 Å². The lowest BCUT2D eigenvalue weighted by molar-refractivity contribution is 0.0810. The van der Waals surface area contributed by atoms with Crippen molar-refractivity contribution in [3.05, 3.63) is 60.0 Å². The van der Waals surface area contributed by atoms with Crippen LogP contribution < -0.4 is 19.7 Å². The molecule has 0 amide bonds. The zero-order chi connectivity index (χ0) is 28.8. The number of anilines is 3. The van der Waals surface area contributed by atoms with Crippen LogP contribution in [0.2, 0.25) is 5.02 Å². The van der Waals surface area contributed by atoms with Gasteiger partial charge >= 0.3 is 0 Å². The number of halogens is 1. The van der Waals surface area contributed by atoms with Crippen LogP contribution in [-0.2, 0) is 0 Å². The minimum atomic E-state index is 0.458. The van der Waals surface area contributed by atoms with Crippen LogP contribution in [0.4, 0.5) is 17.3 Å². The van der Waals surface area contributed by atoms with Crippen LogP contribution in [0, 0.1) is 5.92 Å². The molecule has 4 heterocycles. The number of nitrogens with zero attached hydrogens (tertiary/aromatic N) is 7. The molecule has 1 saturated carbocycles. The average molecular weight is 585 g/mol. The van der Waals surface area contributed by atoms with E-state index in [2.05, 4.69) is 61.5 Å². The summed E-state index contributed by atoms with van der Waals surface area (Å²) in [6.45, 7) is 6.76. The number of hydrogen-bond donors (Lipinski definition) is 1. The molecule has 10 nitrogen and oxygen atoms in total. The molecule has 3 aromatic heterocycles. The summed E-state index contributed by atoms with van der Waals surface area (Å²) in [5.41, 5.74) is 4.94. The molecule has 5 aromatic rings.